The number of hydrogen-bond acceptors (Lipinski definition) is 3. The standard InChI is InChI=1S/C16H27N3/c1-18(2)16-9-13-19(14-10-16)12-6-11-17-15-7-4-3-5-8-15/h3-5,7-8,16-17H,6,9-14H2,1-2H3. The number of likely N-dealkylation sites (tertiary alicyclic amines) is 1. The lowest BCUT2D eigenvalue weighted by molar-refractivity contribution is 0.145. The quantitative estimate of drug-likeness (QED) is 0.794. The number of piperidine rings is 1. The normalized spacial score (nSPS) is 17.8. The van der Waals surface area contributed by atoms with E-state index in [2.05, 4.69) is 59.5 Å². The summed E-state index contributed by atoms with van der Waals surface area (Å²) in [6, 6.07) is 11.3. The van der Waals surface area contributed by atoms with Gasteiger partial charge in [0.15, 0.2) is 0 Å². The van der Waals surface area contributed by atoms with Crippen molar-refractivity contribution in [3.05, 3.63) is 30.3 Å². The fraction of sp³-hybridized carbons (Fsp3) is 0.625. The van der Waals surface area contributed by atoms with Gasteiger partial charge in [-0.05, 0) is 65.1 Å². The molecule has 0 radical (unpaired) electrons. The van der Waals surface area contributed by atoms with Gasteiger partial charge in [-0.2, -0.15) is 0 Å². The van der Waals surface area contributed by atoms with Gasteiger partial charge in [0, 0.05) is 18.3 Å². The van der Waals surface area contributed by atoms with E-state index >= 15 is 0 Å². The van der Waals surface area contributed by atoms with Gasteiger partial charge in [0.2, 0.25) is 0 Å². The summed E-state index contributed by atoms with van der Waals surface area (Å²) in [5.41, 5.74) is 1.23. The summed E-state index contributed by atoms with van der Waals surface area (Å²) in [6.45, 7) is 4.81. The smallest absolute Gasteiger partial charge is 0.0340 e. The summed E-state index contributed by atoms with van der Waals surface area (Å²) < 4.78 is 0. The third kappa shape index (κ3) is 4.84. The molecule has 0 saturated carbocycles. The molecule has 3 nitrogen and oxygen atoms in total. The molecule has 0 spiro atoms. The van der Waals surface area contributed by atoms with Crippen LogP contribution >= 0.6 is 0 Å². The average Bonchev–Trinajstić information content (AvgIpc) is 2.45. The molecular formula is C16H27N3. The molecule has 1 aromatic carbocycles. The zero-order valence-corrected chi connectivity index (χ0v) is 12.3. The Bertz CT molecular complexity index is 342. The van der Waals surface area contributed by atoms with Crippen molar-refractivity contribution in [1.82, 2.24) is 9.80 Å². The molecule has 0 atom stereocenters. The first-order valence-corrected chi connectivity index (χ1v) is 7.43. The lowest BCUT2D eigenvalue weighted by Gasteiger charge is -2.35. The molecule has 19 heavy (non-hydrogen) atoms. The largest absolute Gasteiger partial charge is 0.385 e. The van der Waals surface area contributed by atoms with Gasteiger partial charge in [0.1, 0.15) is 0 Å². The van der Waals surface area contributed by atoms with Gasteiger partial charge in [-0.1, -0.05) is 18.2 Å². The summed E-state index contributed by atoms with van der Waals surface area (Å²) in [5.74, 6) is 0. The Hall–Kier alpha value is -1.06. The van der Waals surface area contributed by atoms with Crippen molar-refractivity contribution in [3.8, 4) is 0 Å². The maximum absolute atomic E-state index is 3.48. The van der Waals surface area contributed by atoms with Crippen LogP contribution in [0, 0.1) is 0 Å². The van der Waals surface area contributed by atoms with Crippen LogP contribution in [0.4, 0.5) is 5.69 Å². The first-order valence-electron chi connectivity index (χ1n) is 7.43. The Labute approximate surface area is 117 Å². The number of anilines is 1. The topological polar surface area (TPSA) is 18.5 Å². The maximum Gasteiger partial charge on any atom is 0.0340 e. The van der Waals surface area contributed by atoms with Gasteiger partial charge in [-0.25, -0.2) is 0 Å². The van der Waals surface area contributed by atoms with Crippen LogP contribution < -0.4 is 5.32 Å². The first kappa shape index (κ1) is 14.4. The summed E-state index contributed by atoms with van der Waals surface area (Å²) in [4.78, 5) is 4.97. The second kappa shape index (κ2) is 7.51. The number of nitrogens with zero attached hydrogens (tertiary/aromatic N) is 2. The molecule has 0 unspecified atom stereocenters. The predicted octanol–water partition coefficient (Wildman–Crippen LogP) is 2.51. The van der Waals surface area contributed by atoms with E-state index in [4.69, 9.17) is 0 Å². The Kier molecular flexibility index (Phi) is 5.67. The number of benzene rings is 1. The van der Waals surface area contributed by atoms with Crippen molar-refractivity contribution >= 4 is 5.69 Å². The Morgan fingerprint density at radius 1 is 1.16 bits per heavy atom. The van der Waals surface area contributed by atoms with E-state index in [9.17, 15) is 0 Å². The zero-order valence-electron chi connectivity index (χ0n) is 12.3. The predicted molar refractivity (Wildman–Crippen MR) is 82.7 cm³/mol. The van der Waals surface area contributed by atoms with E-state index in [1.165, 1.54) is 44.6 Å². The molecule has 0 amide bonds. The van der Waals surface area contributed by atoms with Crippen molar-refractivity contribution in [2.24, 2.45) is 0 Å². The first-order chi connectivity index (χ1) is 9.25. The van der Waals surface area contributed by atoms with Gasteiger partial charge in [0.05, 0.1) is 0 Å². The van der Waals surface area contributed by atoms with Crippen LogP contribution in [-0.2, 0) is 0 Å². The Balaban J connectivity index is 1.57. The molecule has 2 rings (SSSR count). The van der Waals surface area contributed by atoms with E-state index in [-0.39, 0.29) is 0 Å². The van der Waals surface area contributed by atoms with E-state index in [1.54, 1.807) is 0 Å². The highest BCUT2D eigenvalue weighted by Crippen LogP contribution is 2.14. The van der Waals surface area contributed by atoms with Crippen LogP contribution in [0.5, 0.6) is 0 Å². The van der Waals surface area contributed by atoms with Crippen LogP contribution in [0.25, 0.3) is 0 Å². The van der Waals surface area contributed by atoms with E-state index in [1.807, 2.05) is 0 Å². The second-order valence-electron chi connectivity index (χ2n) is 5.68. The number of hydrogen-bond donors (Lipinski definition) is 1. The minimum absolute atomic E-state index is 0.790. The third-order valence-electron chi connectivity index (χ3n) is 4.04. The van der Waals surface area contributed by atoms with Crippen LogP contribution in [0.2, 0.25) is 0 Å². The minimum atomic E-state index is 0.790. The highest BCUT2D eigenvalue weighted by Gasteiger charge is 2.19. The highest BCUT2D eigenvalue weighted by atomic mass is 15.2. The van der Waals surface area contributed by atoms with Crippen LogP contribution in [0.15, 0.2) is 30.3 Å². The molecule has 1 aliphatic rings. The van der Waals surface area contributed by atoms with Crippen molar-refractivity contribution < 1.29 is 0 Å². The molecule has 1 aromatic rings. The molecule has 1 aliphatic heterocycles. The average molecular weight is 261 g/mol. The third-order valence-corrected chi connectivity index (χ3v) is 4.04. The molecule has 1 fully saturated rings. The number of para-hydroxylation sites is 1. The molecular weight excluding hydrogens is 234 g/mol. The van der Waals surface area contributed by atoms with Gasteiger partial charge in [0.25, 0.3) is 0 Å². The number of rotatable bonds is 6. The molecule has 3 heteroatoms. The second-order valence-corrected chi connectivity index (χ2v) is 5.68. The van der Waals surface area contributed by atoms with Crippen LogP contribution in [-0.4, -0.2) is 56.1 Å². The fourth-order valence-corrected chi connectivity index (χ4v) is 2.75. The Morgan fingerprint density at radius 2 is 1.84 bits per heavy atom. The molecule has 106 valence electrons. The summed E-state index contributed by atoms with van der Waals surface area (Å²) >= 11 is 0. The minimum Gasteiger partial charge on any atom is -0.385 e. The lowest BCUT2D eigenvalue weighted by atomic mass is 10.0. The van der Waals surface area contributed by atoms with E-state index < -0.39 is 0 Å². The van der Waals surface area contributed by atoms with Crippen molar-refractivity contribution in [1.29, 1.82) is 0 Å². The van der Waals surface area contributed by atoms with Gasteiger partial charge in [-0.15, -0.1) is 0 Å². The SMILES string of the molecule is CN(C)C1CCN(CCCNc2ccccc2)CC1. The lowest BCUT2D eigenvalue weighted by Crippen LogP contribution is -2.42. The molecule has 0 aliphatic carbocycles. The monoisotopic (exact) mass is 261 g/mol. The van der Waals surface area contributed by atoms with Crippen molar-refractivity contribution in [2.45, 2.75) is 25.3 Å². The van der Waals surface area contributed by atoms with Crippen molar-refractivity contribution in [3.63, 3.8) is 0 Å². The van der Waals surface area contributed by atoms with Crippen LogP contribution in [0.3, 0.4) is 0 Å². The molecule has 1 N–H and O–H groups in total. The fourth-order valence-electron chi connectivity index (χ4n) is 2.75. The van der Waals surface area contributed by atoms with Crippen molar-refractivity contribution in [2.75, 3.05) is 45.6 Å². The molecule has 0 aromatic heterocycles. The highest BCUT2D eigenvalue weighted by molar-refractivity contribution is 5.42. The molecule has 1 saturated heterocycles. The Morgan fingerprint density at radius 3 is 2.47 bits per heavy atom. The van der Waals surface area contributed by atoms with Gasteiger partial charge in [-0.3, -0.25) is 0 Å². The summed E-state index contributed by atoms with van der Waals surface area (Å²) in [6.07, 6.45) is 3.86. The van der Waals surface area contributed by atoms with Gasteiger partial charge < -0.3 is 15.1 Å². The molecule has 1 heterocycles. The number of nitrogens with one attached hydrogen (secondary N) is 1. The summed E-state index contributed by atoms with van der Waals surface area (Å²) in [7, 11) is 4.40. The van der Waals surface area contributed by atoms with Crippen LogP contribution in [0.1, 0.15) is 19.3 Å². The maximum atomic E-state index is 3.48. The molecule has 0 bridgehead atoms. The van der Waals surface area contributed by atoms with E-state index in [0.717, 1.165) is 12.6 Å². The zero-order chi connectivity index (χ0) is 13.5. The summed E-state index contributed by atoms with van der Waals surface area (Å²) in [5, 5.41) is 3.48. The van der Waals surface area contributed by atoms with Gasteiger partial charge >= 0.3 is 0 Å². The van der Waals surface area contributed by atoms with E-state index in [0.29, 0.717) is 0 Å².